The summed E-state index contributed by atoms with van der Waals surface area (Å²) in [4.78, 5) is 0. The van der Waals surface area contributed by atoms with Gasteiger partial charge in [0.05, 0.1) is 19.3 Å². The van der Waals surface area contributed by atoms with Crippen LogP contribution in [-0.4, -0.2) is 13.2 Å². The summed E-state index contributed by atoms with van der Waals surface area (Å²) in [6, 6.07) is 9.55. The van der Waals surface area contributed by atoms with Gasteiger partial charge in [-0.15, -0.1) is 0 Å². The van der Waals surface area contributed by atoms with Gasteiger partial charge in [0.15, 0.2) is 0 Å². The topological polar surface area (TPSA) is 44.8 Å². The number of phosphoric acid groups is 1. The first-order chi connectivity index (χ1) is 8.11. The monoisotopic (exact) mass is 258 g/mol. The van der Waals surface area contributed by atoms with Crippen LogP contribution >= 0.6 is 7.82 Å². The van der Waals surface area contributed by atoms with Crippen molar-refractivity contribution in [1.29, 1.82) is 0 Å². The molecule has 1 aromatic rings. The summed E-state index contributed by atoms with van der Waals surface area (Å²) < 4.78 is 27.7. The minimum atomic E-state index is -3.44. The highest BCUT2D eigenvalue weighted by Gasteiger charge is 2.28. The highest BCUT2D eigenvalue weighted by molar-refractivity contribution is 7.48. The quantitative estimate of drug-likeness (QED) is 0.695. The van der Waals surface area contributed by atoms with E-state index in [1.807, 2.05) is 37.3 Å². The molecule has 0 N–H and O–H groups in total. The van der Waals surface area contributed by atoms with E-state index in [1.54, 1.807) is 13.8 Å². The molecule has 1 rings (SSSR count). The van der Waals surface area contributed by atoms with Gasteiger partial charge in [0, 0.05) is 0 Å². The molecular formula is C12H19O4P. The van der Waals surface area contributed by atoms with Crippen LogP contribution in [0.2, 0.25) is 0 Å². The Kier molecular flexibility index (Phi) is 5.86. The third kappa shape index (κ3) is 4.60. The lowest BCUT2D eigenvalue weighted by molar-refractivity contribution is 0.0908. The Morgan fingerprint density at radius 3 is 2.12 bits per heavy atom. The van der Waals surface area contributed by atoms with Crippen molar-refractivity contribution in [3.05, 3.63) is 35.9 Å². The van der Waals surface area contributed by atoms with Gasteiger partial charge < -0.3 is 0 Å². The third-order valence-electron chi connectivity index (χ3n) is 2.13. The van der Waals surface area contributed by atoms with Gasteiger partial charge in [-0.1, -0.05) is 30.3 Å². The number of benzene rings is 1. The Labute approximate surface area is 103 Å². The summed E-state index contributed by atoms with van der Waals surface area (Å²) in [7, 11) is -3.44. The number of hydrogen-bond acceptors (Lipinski definition) is 4. The van der Waals surface area contributed by atoms with Crippen LogP contribution in [0.25, 0.3) is 0 Å². The fourth-order valence-electron chi connectivity index (χ4n) is 1.39. The van der Waals surface area contributed by atoms with Gasteiger partial charge in [-0.05, 0) is 26.3 Å². The molecule has 4 nitrogen and oxygen atoms in total. The first kappa shape index (κ1) is 14.4. The third-order valence-corrected chi connectivity index (χ3v) is 3.85. The average molecular weight is 258 g/mol. The SMILES string of the molecule is CCOP(=O)(OCC)O[C@H](C)c1ccccc1. The van der Waals surface area contributed by atoms with E-state index >= 15 is 0 Å². The second-order valence-corrected chi connectivity index (χ2v) is 5.06. The Morgan fingerprint density at radius 1 is 1.12 bits per heavy atom. The van der Waals surface area contributed by atoms with Crippen LogP contribution in [0.3, 0.4) is 0 Å². The normalized spacial score (nSPS) is 13.6. The van der Waals surface area contributed by atoms with E-state index in [-0.39, 0.29) is 6.10 Å². The van der Waals surface area contributed by atoms with Crippen LogP contribution in [0.5, 0.6) is 0 Å². The molecule has 0 spiro atoms. The second kappa shape index (κ2) is 6.92. The van der Waals surface area contributed by atoms with Crippen molar-refractivity contribution in [2.24, 2.45) is 0 Å². The molecule has 0 aliphatic heterocycles. The molecule has 0 unspecified atom stereocenters. The molecule has 0 saturated heterocycles. The smallest absolute Gasteiger partial charge is 0.287 e. The highest BCUT2D eigenvalue weighted by Crippen LogP contribution is 2.52. The zero-order chi connectivity index (χ0) is 12.7. The Morgan fingerprint density at radius 2 is 1.65 bits per heavy atom. The molecule has 0 aliphatic carbocycles. The Balaban J connectivity index is 2.71. The summed E-state index contributed by atoms with van der Waals surface area (Å²) >= 11 is 0. The maximum absolute atomic E-state index is 12.1. The van der Waals surface area contributed by atoms with E-state index in [9.17, 15) is 4.57 Å². The number of phosphoric ester groups is 1. The van der Waals surface area contributed by atoms with Gasteiger partial charge in [-0.2, -0.15) is 0 Å². The second-order valence-electron chi connectivity index (χ2n) is 3.44. The molecular weight excluding hydrogens is 239 g/mol. The summed E-state index contributed by atoms with van der Waals surface area (Å²) in [5, 5.41) is 0. The van der Waals surface area contributed by atoms with Crippen LogP contribution in [0.4, 0.5) is 0 Å². The standard InChI is InChI=1S/C12H19O4P/c1-4-14-17(13,15-5-2)16-11(3)12-9-7-6-8-10-12/h6-11H,4-5H2,1-3H3/t11-/m1/s1. The van der Waals surface area contributed by atoms with Crippen molar-refractivity contribution in [3.63, 3.8) is 0 Å². The van der Waals surface area contributed by atoms with E-state index in [0.29, 0.717) is 13.2 Å². The first-order valence-electron chi connectivity index (χ1n) is 5.73. The minimum Gasteiger partial charge on any atom is -0.287 e. The molecule has 1 atom stereocenters. The zero-order valence-corrected chi connectivity index (χ0v) is 11.4. The first-order valence-corrected chi connectivity index (χ1v) is 7.19. The molecule has 0 bridgehead atoms. The van der Waals surface area contributed by atoms with Crippen molar-refractivity contribution >= 4 is 7.82 Å². The van der Waals surface area contributed by atoms with Crippen molar-refractivity contribution < 1.29 is 18.1 Å². The largest absolute Gasteiger partial charge is 0.475 e. The molecule has 0 saturated carbocycles. The summed E-state index contributed by atoms with van der Waals surface area (Å²) in [6.07, 6.45) is -0.333. The van der Waals surface area contributed by atoms with Crippen LogP contribution in [0, 0.1) is 0 Å². The van der Waals surface area contributed by atoms with E-state index in [2.05, 4.69) is 0 Å². The van der Waals surface area contributed by atoms with E-state index < -0.39 is 7.82 Å². The maximum atomic E-state index is 12.1. The van der Waals surface area contributed by atoms with Crippen LogP contribution in [-0.2, 0) is 18.1 Å². The minimum absolute atomic E-state index is 0.290. The van der Waals surface area contributed by atoms with Crippen LogP contribution < -0.4 is 0 Å². The van der Waals surface area contributed by atoms with E-state index in [4.69, 9.17) is 13.6 Å². The number of hydrogen-bond donors (Lipinski definition) is 0. The Bertz CT molecular complexity index is 356. The summed E-state index contributed by atoms with van der Waals surface area (Å²) in [5.41, 5.74) is 0.937. The van der Waals surface area contributed by atoms with Crippen LogP contribution in [0.1, 0.15) is 32.4 Å². The predicted octanol–water partition coefficient (Wildman–Crippen LogP) is 3.95. The maximum Gasteiger partial charge on any atom is 0.475 e. The van der Waals surface area contributed by atoms with Crippen LogP contribution in [0.15, 0.2) is 30.3 Å². The lowest BCUT2D eigenvalue weighted by atomic mass is 10.1. The van der Waals surface area contributed by atoms with Gasteiger partial charge in [0.25, 0.3) is 0 Å². The molecule has 0 radical (unpaired) electrons. The van der Waals surface area contributed by atoms with Crippen molar-refractivity contribution in [2.45, 2.75) is 26.9 Å². The van der Waals surface area contributed by atoms with Crippen molar-refractivity contribution in [2.75, 3.05) is 13.2 Å². The molecule has 1 aromatic carbocycles. The molecule has 0 aliphatic rings. The van der Waals surface area contributed by atoms with Gasteiger partial charge in [-0.3, -0.25) is 13.6 Å². The van der Waals surface area contributed by atoms with Gasteiger partial charge in [0.1, 0.15) is 0 Å². The predicted molar refractivity (Wildman–Crippen MR) is 66.8 cm³/mol. The van der Waals surface area contributed by atoms with Gasteiger partial charge in [-0.25, -0.2) is 4.57 Å². The summed E-state index contributed by atoms with van der Waals surface area (Å²) in [6.45, 7) is 5.90. The molecule has 0 fully saturated rings. The van der Waals surface area contributed by atoms with Crippen molar-refractivity contribution in [3.8, 4) is 0 Å². The van der Waals surface area contributed by atoms with Crippen molar-refractivity contribution in [1.82, 2.24) is 0 Å². The molecule has 0 amide bonds. The molecule has 17 heavy (non-hydrogen) atoms. The molecule has 0 aromatic heterocycles. The van der Waals surface area contributed by atoms with E-state index in [1.165, 1.54) is 0 Å². The average Bonchev–Trinajstić information content (AvgIpc) is 2.30. The fourth-order valence-corrected chi connectivity index (χ4v) is 2.73. The number of rotatable bonds is 7. The lowest BCUT2D eigenvalue weighted by Crippen LogP contribution is -2.04. The van der Waals surface area contributed by atoms with E-state index in [0.717, 1.165) is 5.56 Å². The Hall–Kier alpha value is -0.670. The lowest BCUT2D eigenvalue weighted by Gasteiger charge is -2.20. The summed E-state index contributed by atoms with van der Waals surface area (Å²) in [5.74, 6) is 0. The fraction of sp³-hybridized carbons (Fsp3) is 0.500. The van der Waals surface area contributed by atoms with Gasteiger partial charge in [0.2, 0.25) is 0 Å². The van der Waals surface area contributed by atoms with Gasteiger partial charge >= 0.3 is 7.82 Å². The molecule has 96 valence electrons. The molecule has 0 heterocycles. The molecule has 5 heteroatoms. The zero-order valence-electron chi connectivity index (χ0n) is 10.5. The highest BCUT2D eigenvalue weighted by atomic mass is 31.2.